The number of carbonyl (C=O) groups excluding carboxylic acids is 1. The van der Waals surface area contributed by atoms with Gasteiger partial charge in [-0.3, -0.25) is 4.79 Å². The van der Waals surface area contributed by atoms with Crippen LogP contribution in [0.1, 0.15) is 60.0 Å². The van der Waals surface area contributed by atoms with Crippen LogP contribution in [0.4, 0.5) is 4.39 Å². The van der Waals surface area contributed by atoms with Gasteiger partial charge in [0.1, 0.15) is 5.82 Å². The van der Waals surface area contributed by atoms with Gasteiger partial charge in [0.05, 0.1) is 0 Å². The fraction of sp³-hybridized carbons (Fsp3) is 0.562. The average Bonchev–Trinajstić information content (AvgIpc) is 2.63. The van der Waals surface area contributed by atoms with Crippen LogP contribution in [0.15, 0.2) is 12.1 Å². The topological polar surface area (TPSA) is 17.1 Å². The summed E-state index contributed by atoms with van der Waals surface area (Å²) >= 11 is 0. The van der Waals surface area contributed by atoms with Crippen LogP contribution in [-0.2, 0) is 0 Å². The molecule has 0 saturated heterocycles. The molecule has 0 heterocycles. The van der Waals surface area contributed by atoms with Crippen molar-refractivity contribution >= 4 is 5.78 Å². The van der Waals surface area contributed by atoms with Crippen LogP contribution in [0, 0.1) is 25.6 Å². The van der Waals surface area contributed by atoms with Crippen molar-refractivity contribution < 1.29 is 9.18 Å². The first-order valence-electron chi connectivity index (χ1n) is 6.90. The molecular weight excluding hydrogens is 227 g/mol. The molecule has 1 aromatic rings. The molecule has 0 spiro atoms. The number of hydrogen-bond acceptors (Lipinski definition) is 1. The first-order chi connectivity index (χ1) is 8.59. The third-order valence-electron chi connectivity index (χ3n) is 3.95. The van der Waals surface area contributed by atoms with E-state index < -0.39 is 0 Å². The fourth-order valence-electron chi connectivity index (χ4n) is 2.87. The van der Waals surface area contributed by atoms with E-state index in [1.165, 1.54) is 12.8 Å². The zero-order valence-corrected chi connectivity index (χ0v) is 11.3. The van der Waals surface area contributed by atoms with Gasteiger partial charge in [-0.2, -0.15) is 0 Å². The van der Waals surface area contributed by atoms with Gasteiger partial charge in [-0.1, -0.05) is 25.7 Å². The second kappa shape index (κ2) is 5.64. The Hall–Kier alpha value is -1.18. The molecule has 2 rings (SSSR count). The summed E-state index contributed by atoms with van der Waals surface area (Å²) in [5, 5.41) is 0. The second-order valence-corrected chi connectivity index (χ2v) is 5.48. The Balaban J connectivity index is 2.22. The molecule has 1 aliphatic carbocycles. The number of halogens is 1. The maximum Gasteiger partial charge on any atom is 0.165 e. The van der Waals surface area contributed by atoms with Gasteiger partial charge >= 0.3 is 0 Å². The molecule has 1 aromatic carbocycles. The van der Waals surface area contributed by atoms with Gasteiger partial charge in [0.2, 0.25) is 0 Å². The van der Waals surface area contributed by atoms with Crippen LogP contribution >= 0.6 is 0 Å². The van der Waals surface area contributed by atoms with E-state index in [9.17, 15) is 9.18 Å². The van der Waals surface area contributed by atoms with Crippen molar-refractivity contribution in [2.24, 2.45) is 5.92 Å². The van der Waals surface area contributed by atoms with Crippen LogP contribution in [-0.4, -0.2) is 5.78 Å². The summed E-state index contributed by atoms with van der Waals surface area (Å²) in [5.41, 5.74) is 1.84. The Bertz CT molecular complexity index is 419. The molecule has 2 heteroatoms. The SMILES string of the molecule is Cc1cc(C(=O)C2CCCCCC2)cc(C)c1F. The van der Waals surface area contributed by atoms with Gasteiger partial charge in [0.25, 0.3) is 0 Å². The molecule has 0 bridgehead atoms. The van der Waals surface area contributed by atoms with E-state index in [4.69, 9.17) is 0 Å². The van der Waals surface area contributed by atoms with Gasteiger partial charge in [-0.05, 0) is 49.9 Å². The number of carbonyl (C=O) groups is 1. The van der Waals surface area contributed by atoms with Gasteiger partial charge in [0, 0.05) is 11.5 Å². The minimum absolute atomic E-state index is 0.150. The van der Waals surface area contributed by atoms with E-state index in [0.29, 0.717) is 16.7 Å². The number of Topliss-reactive ketones (excluding diaryl/α,β-unsaturated/α-hetero) is 1. The molecular formula is C16H21FO. The Morgan fingerprint density at radius 1 is 1.06 bits per heavy atom. The van der Waals surface area contributed by atoms with Crippen LogP contribution in [0.25, 0.3) is 0 Å². The predicted molar refractivity (Wildman–Crippen MR) is 71.4 cm³/mol. The summed E-state index contributed by atoms with van der Waals surface area (Å²) in [6.45, 7) is 3.46. The summed E-state index contributed by atoms with van der Waals surface area (Å²) in [4.78, 5) is 12.4. The lowest BCUT2D eigenvalue weighted by Crippen LogP contribution is -2.14. The highest BCUT2D eigenvalue weighted by atomic mass is 19.1. The van der Waals surface area contributed by atoms with Crippen molar-refractivity contribution in [3.8, 4) is 0 Å². The van der Waals surface area contributed by atoms with E-state index in [1.807, 2.05) is 0 Å². The summed E-state index contributed by atoms with van der Waals surface area (Å²) in [7, 11) is 0. The molecule has 0 amide bonds. The number of hydrogen-bond donors (Lipinski definition) is 0. The van der Waals surface area contributed by atoms with Crippen LogP contribution in [0.2, 0.25) is 0 Å². The summed E-state index contributed by atoms with van der Waals surface area (Å²) in [5.74, 6) is 0.173. The van der Waals surface area contributed by atoms with E-state index in [-0.39, 0.29) is 17.5 Å². The maximum absolute atomic E-state index is 13.6. The van der Waals surface area contributed by atoms with Crippen molar-refractivity contribution in [2.75, 3.05) is 0 Å². The lowest BCUT2D eigenvalue weighted by molar-refractivity contribution is 0.0907. The standard InChI is InChI=1S/C16H21FO/c1-11-9-14(10-12(2)15(11)17)16(18)13-7-5-3-4-6-8-13/h9-10,13H,3-8H2,1-2H3. The van der Waals surface area contributed by atoms with Gasteiger partial charge < -0.3 is 0 Å². The van der Waals surface area contributed by atoms with Crippen molar-refractivity contribution in [3.05, 3.63) is 34.6 Å². The Kier molecular flexibility index (Phi) is 4.15. The minimum atomic E-state index is -0.188. The molecule has 1 saturated carbocycles. The lowest BCUT2D eigenvalue weighted by atomic mass is 9.89. The molecule has 0 N–H and O–H groups in total. The number of aryl methyl sites for hydroxylation is 2. The minimum Gasteiger partial charge on any atom is -0.294 e. The summed E-state index contributed by atoms with van der Waals surface area (Å²) in [6, 6.07) is 3.41. The van der Waals surface area contributed by atoms with Crippen LogP contribution in [0.3, 0.4) is 0 Å². The summed E-state index contributed by atoms with van der Waals surface area (Å²) < 4.78 is 13.6. The van der Waals surface area contributed by atoms with E-state index in [0.717, 1.165) is 25.7 Å². The smallest absolute Gasteiger partial charge is 0.165 e. The molecule has 1 aliphatic rings. The molecule has 0 aliphatic heterocycles. The van der Waals surface area contributed by atoms with E-state index >= 15 is 0 Å². The highest BCUT2D eigenvalue weighted by molar-refractivity contribution is 5.98. The maximum atomic E-state index is 13.6. The molecule has 0 atom stereocenters. The first kappa shape index (κ1) is 13.3. The molecule has 0 unspecified atom stereocenters. The number of rotatable bonds is 2. The third-order valence-corrected chi connectivity index (χ3v) is 3.95. The monoisotopic (exact) mass is 248 g/mol. The first-order valence-corrected chi connectivity index (χ1v) is 6.90. The highest BCUT2D eigenvalue weighted by Crippen LogP contribution is 2.27. The van der Waals surface area contributed by atoms with Gasteiger partial charge in [-0.15, -0.1) is 0 Å². The Labute approximate surface area is 108 Å². The van der Waals surface area contributed by atoms with Crippen LogP contribution in [0.5, 0.6) is 0 Å². The molecule has 1 fully saturated rings. The van der Waals surface area contributed by atoms with Crippen molar-refractivity contribution in [3.63, 3.8) is 0 Å². The van der Waals surface area contributed by atoms with Crippen molar-refractivity contribution in [1.29, 1.82) is 0 Å². The quantitative estimate of drug-likeness (QED) is 0.552. The number of benzene rings is 1. The molecule has 0 radical (unpaired) electrons. The largest absolute Gasteiger partial charge is 0.294 e. The molecule has 0 aromatic heterocycles. The lowest BCUT2D eigenvalue weighted by Gasteiger charge is -2.14. The Morgan fingerprint density at radius 2 is 1.56 bits per heavy atom. The summed E-state index contributed by atoms with van der Waals surface area (Å²) in [6.07, 6.45) is 6.77. The second-order valence-electron chi connectivity index (χ2n) is 5.48. The highest BCUT2D eigenvalue weighted by Gasteiger charge is 2.22. The Morgan fingerprint density at radius 3 is 2.06 bits per heavy atom. The molecule has 98 valence electrons. The predicted octanol–water partition coefficient (Wildman–Crippen LogP) is 4.60. The third kappa shape index (κ3) is 2.80. The molecule has 1 nitrogen and oxygen atoms in total. The van der Waals surface area contributed by atoms with Crippen molar-refractivity contribution in [1.82, 2.24) is 0 Å². The zero-order valence-electron chi connectivity index (χ0n) is 11.3. The van der Waals surface area contributed by atoms with E-state index in [1.54, 1.807) is 26.0 Å². The van der Waals surface area contributed by atoms with Crippen molar-refractivity contribution in [2.45, 2.75) is 52.4 Å². The number of ketones is 1. The van der Waals surface area contributed by atoms with Gasteiger partial charge in [0.15, 0.2) is 5.78 Å². The van der Waals surface area contributed by atoms with E-state index in [2.05, 4.69) is 0 Å². The van der Waals surface area contributed by atoms with Gasteiger partial charge in [-0.25, -0.2) is 4.39 Å². The normalized spacial score (nSPS) is 17.5. The zero-order chi connectivity index (χ0) is 13.1. The van der Waals surface area contributed by atoms with Crippen LogP contribution < -0.4 is 0 Å². The fourth-order valence-corrected chi connectivity index (χ4v) is 2.87. The molecule has 18 heavy (non-hydrogen) atoms. The average molecular weight is 248 g/mol.